The van der Waals surface area contributed by atoms with Crippen LogP contribution in [0.3, 0.4) is 0 Å². The van der Waals surface area contributed by atoms with E-state index in [4.69, 9.17) is 17.0 Å². The third-order valence-electron chi connectivity index (χ3n) is 3.21. The number of rotatable bonds is 2. The molecule has 1 heterocycles. The number of carbonyl (C=O) groups excluding carboxylic acids is 1. The molecule has 0 radical (unpaired) electrons. The van der Waals surface area contributed by atoms with Crippen LogP contribution in [0.4, 0.5) is 5.69 Å². The third kappa shape index (κ3) is 3.04. The highest BCUT2D eigenvalue weighted by Gasteiger charge is 2.33. The first kappa shape index (κ1) is 15.5. The highest BCUT2D eigenvalue weighted by atomic mass is 35.5. The zero-order valence-corrected chi connectivity index (χ0v) is 13.2. The number of nitrogens with zero attached hydrogens (tertiary/aromatic N) is 1. The van der Waals surface area contributed by atoms with Crippen LogP contribution in [0, 0.1) is 5.41 Å². The number of amidine groups is 1. The largest absolute Gasteiger partial charge is 0.508 e. The van der Waals surface area contributed by atoms with Gasteiger partial charge in [-0.2, -0.15) is 0 Å². The van der Waals surface area contributed by atoms with Crippen molar-refractivity contribution in [3.63, 3.8) is 0 Å². The number of halogens is 1. The molecule has 3 N–H and O–H groups in total. The average Bonchev–Trinajstić information content (AvgIpc) is 2.78. The van der Waals surface area contributed by atoms with Crippen LogP contribution in [0.2, 0.25) is 5.02 Å². The Balaban J connectivity index is 1.94. The summed E-state index contributed by atoms with van der Waals surface area (Å²) < 4.78 is 0. The maximum atomic E-state index is 12.5. The van der Waals surface area contributed by atoms with Crippen molar-refractivity contribution in [2.45, 2.75) is 0 Å². The van der Waals surface area contributed by atoms with Gasteiger partial charge < -0.3 is 10.2 Å². The van der Waals surface area contributed by atoms with Gasteiger partial charge in [-0.3, -0.25) is 15.1 Å². The molecule has 5 nitrogen and oxygen atoms in total. The third-order valence-corrected chi connectivity index (χ3v) is 4.35. The number of hydrogen-bond acceptors (Lipinski definition) is 5. The summed E-state index contributed by atoms with van der Waals surface area (Å²) in [6.07, 6.45) is 1.49. The number of phenolic OH excluding ortho intramolecular Hbond substituents is 2. The predicted octanol–water partition coefficient (Wildman–Crippen LogP) is 3.81. The number of anilines is 1. The monoisotopic (exact) mass is 346 g/mol. The Morgan fingerprint density at radius 2 is 1.83 bits per heavy atom. The maximum Gasteiger partial charge on any atom is 0.271 e. The van der Waals surface area contributed by atoms with E-state index in [9.17, 15) is 15.0 Å². The van der Waals surface area contributed by atoms with Gasteiger partial charge in [0.25, 0.3) is 5.91 Å². The summed E-state index contributed by atoms with van der Waals surface area (Å²) in [6, 6.07) is 10.7. The Labute approximate surface area is 141 Å². The van der Waals surface area contributed by atoms with Crippen LogP contribution in [0.15, 0.2) is 47.4 Å². The highest BCUT2D eigenvalue weighted by molar-refractivity contribution is 8.19. The van der Waals surface area contributed by atoms with Crippen molar-refractivity contribution in [1.29, 1.82) is 5.41 Å². The zero-order chi connectivity index (χ0) is 16.6. The quantitative estimate of drug-likeness (QED) is 0.722. The van der Waals surface area contributed by atoms with Gasteiger partial charge >= 0.3 is 0 Å². The smallest absolute Gasteiger partial charge is 0.271 e. The summed E-state index contributed by atoms with van der Waals surface area (Å²) >= 11 is 6.84. The van der Waals surface area contributed by atoms with E-state index in [-0.39, 0.29) is 22.6 Å². The van der Waals surface area contributed by atoms with Gasteiger partial charge in [0.2, 0.25) is 0 Å². The van der Waals surface area contributed by atoms with Crippen LogP contribution in [-0.2, 0) is 4.79 Å². The molecule has 0 aliphatic carbocycles. The molecule has 1 amide bonds. The Kier molecular flexibility index (Phi) is 4.02. The topological polar surface area (TPSA) is 84.6 Å². The lowest BCUT2D eigenvalue weighted by molar-refractivity contribution is -0.113. The molecule has 0 aromatic heterocycles. The highest BCUT2D eigenvalue weighted by Crippen LogP contribution is 2.36. The lowest BCUT2D eigenvalue weighted by Gasteiger charge is -2.14. The summed E-state index contributed by atoms with van der Waals surface area (Å²) in [5.74, 6) is -0.553. The summed E-state index contributed by atoms with van der Waals surface area (Å²) in [5, 5.41) is 27.7. The Morgan fingerprint density at radius 3 is 2.48 bits per heavy atom. The molecule has 0 saturated carbocycles. The number of nitrogens with one attached hydrogen (secondary N) is 1. The van der Waals surface area contributed by atoms with Crippen molar-refractivity contribution in [1.82, 2.24) is 0 Å². The molecule has 23 heavy (non-hydrogen) atoms. The second kappa shape index (κ2) is 5.98. The molecule has 1 aliphatic heterocycles. The second-order valence-corrected chi connectivity index (χ2v) is 6.24. The van der Waals surface area contributed by atoms with Crippen LogP contribution in [-0.4, -0.2) is 21.3 Å². The van der Waals surface area contributed by atoms with Crippen LogP contribution in [0.1, 0.15) is 5.56 Å². The lowest BCUT2D eigenvalue weighted by atomic mass is 10.1. The fourth-order valence-corrected chi connectivity index (χ4v) is 3.09. The number of hydrogen-bond donors (Lipinski definition) is 3. The van der Waals surface area contributed by atoms with Crippen LogP contribution in [0.25, 0.3) is 6.08 Å². The first-order chi connectivity index (χ1) is 11.0. The van der Waals surface area contributed by atoms with Crippen molar-refractivity contribution in [2.24, 2.45) is 0 Å². The number of phenols is 2. The van der Waals surface area contributed by atoms with Crippen LogP contribution < -0.4 is 4.90 Å². The molecule has 116 valence electrons. The van der Waals surface area contributed by atoms with Gasteiger partial charge in [-0.15, -0.1) is 0 Å². The average molecular weight is 347 g/mol. The van der Waals surface area contributed by atoms with Gasteiger partial charge in [0, 0.05) is 16.7 Å². The minimum absolute atomic E-state index is 0.0643. The molecule has 0 bridgehead atoms. The summed E-state index contributed by atoms with van der Waals surface area (Å²) in [5.41, 5.74) is 0.944. The predicted molar refractivity (Wildman–Crippen MR) is 92.0 cm³/mol. The van der Waals surface area contributed by atoms with E-state index in [1.54, 1.807) is 24.3 Å². The second-order valence-electron chi connectivity index (χ2n) is 4.78. The van der Waals surface area contributed by atoms with Crippen molar-refractivity contribution >= 4 is 46.2 Å². The fraction of sp³-hybridized carbons (Fsp3) is 0. The van der Waals surface area contributed by atoms with Gasteiger partial charge in [-0.1, -0.05) is 11.6 Å². The van der Waals surface area contributed by atoms with E-state index in [0.717, 1.165) is 11.8 Å². The minimum Gasteiger partial charge on any atom is -0.508 e. The van der Waals surface area contributed by atoms with Crippen molar-refractivity contribution in [2.75, 3.05) is 4.90 Å². The molecular weight excluding hydrogens is 336 g/mol. The van der Waals surface area contributed by atoms with E-state index in [1.165, 1.54) is 29.2 Å². The molecule has 0 spiro atoms. The first-order valence-corrected chi connectivity index (χ1v) is 7.75. The van der Waals surface area contributed by atoms with Gasteiger partial charge in [-0.25, -0.2) is 0 Å². The van der Waals surface area contributed by atoms with Crippen molar-refractivity contribution < 1.29 is 15.0 Å². The number of thioether (sulfide) groups is 1. The van der Waals surface area contributed by atoms with Gasteiger partial charge in [0.15, 0.2) is 5.17 Å². The fourth-order valence-electron chi connectivity index (χ4n) is 2.11. The van der Waals surface area contributed by atoms with Crippen molar-refractivity contribution in [3.8, 4) is 11.5 Å². The van der Waals surface area contributed by atoms with Gasteiger partial charge in [0.05, 0.1) is 10.6 Å². The normalized spacial score (nSPS) is 16.4. The minimum atomic E-state index is -0.352. The lowest BCUT2D eigenvalue weighted by Crippen LogP contribution is -2.27. The zero-order valence-electron chi connectivity index (χ0n) is 11.7. The van der Waals surface area contributed by atoms with E-state index in [0.29, 0.717) is 21.2 Å². The molecule has 0 unspecified atom stereocenters. The van der Waals surface area contributed by atoms with E-state index in [1.807, 2.05) is 0 Å². The number of carbonyl (C=O) groups is 1. The Hall–Kier alpha value is -2.44. The van der Waals surface area contributed by atoms with Crippen LogP contribution in [0.5, 0.6) is 11.5 Å². The van der Waals surface area contributed by atoms with Gasteiger partial charge in [-0.05, 0) is 54.2 Å². The summed E-state index contributed by atoms with van der Waals surface area (Å²) in [6.45, 7) is 0. The summed E-state index contributed by atoms with van der Waals surface area (Å²) in [4.78, 5) is 14.1. The van der Waals surface area contributed by atoms with Crippen LogP contribution >= 0.6 is 23.4 Å². The molecule has 2 aromatic rings. The SMILES string of the molecule is N=C1S/C(=C\c2ccc(O)cc2O)C(=O)N1c1ccc(Cl)cc1. The molecule has 0 atom stereocenters. The number of aromatic hydroxyl groups is 2. The first-order valence-electron chi connectivity index (χ1n) is 6.56. The van der Waals surface area contributed by atoms with E-state index < -0.39 is 0 Å². The maximum absolute atomic E-state index is 12.5. The van der Waals surface area contributed by atoms with E-state index >= 15 is 0 Å². The molecule has 2 aromatic carbocycles. The van der Waals surface area contributed by atoms with Gasteiger partial charge in [0.1, 0.15) is 11.5 Å². The molecule has 1 saturated heterocycles. The molecule has 1 aliphatic rings. The summed E-state index contributed by atoms with van der Waals surface area (Å²) in [7, 11) is 0. The molecule has 3 rings (SSSR count). The number of amides is 1. The Bertz CT molecular complexity index is 834. The molecular formula is C16H11ClN2O3S. The van der Waals surface area contributed by atoms with Crippen molar-refractivity contribution in [3.05, 3.63) is 58.0 Å². The van der Waals surface area contributed by atoms with E-state index in [2.05, 4.69) is 0 Å². The Morgan fingerprint density at radius 1 is 1.13 bits per heavy atom. The molecule has 7 heteroatoms. The molecule has 1 fully saturated rings. The number of benzene rings is 2. The standard InChI is InChI=1S/C16H11ClN2O3S/c17-10-2-4-11(5-3-10)19-15(22)14(23-16(19)18)7-9-1-6-12(20)8-13(9)21/h1-8,18,20-21H/b14-7-,18-16?.